The van der Waals surface area contributed by atoms with Crippen molar-refractivity contribution in [3.8, 4) is 5.75 Å². The number of rotatable bonds is 2. The molecule has 3 heteroatoms. The number of benzene rings is 1. The van der Waals surface area contributed by atoms with Gasteiger partial charge in [0.1, 0.15) is 5.75 Å². The Labute approximate surface area is 111 Å². The zero-order valence-electron chi connectivity index (χ0n) is 10.1. The molecule has 1 fully saturated rings. The summed E-state index contributed by atoms with van der Waals surface area (Å²) in [5.41, 5.74) is 1.93. The Kier molecular flexibility index (Phi) is 4.21. The highest BCUT2D eigenvalue weighted by Crippen LogP contribution is 2.28. The molecule has 1 aliphatic carbocycles. The number of halogens is 1. The van der Waals surface area contributed by atoms with Crippen molar-refractivity contribution in [1.82, 2.24) is 0 Å². The molecule has 1 aromatic carbocycles. The molecule has 1 aliphatic rings. The predicted octanol–water partition coefficient (Wildman–Crippen LogP) is 4.21. The number of aromatic hydroxyl groups is 1. The van der Waals surface area contributed by atoms with Gasteiger partial charge in [0, 0.05) is 17.8 Å². The van der Waals surface area contributed by atoms with Crippen LogP contribution in [0.15, 0.2) is 21.6 Å². The lowest BCUT2D eigenvalue weighted by atomic mass is 9.96. The molecule has 0 bridgehead atoms. The van der Waals surface area contributed by atoms with Crippen LogP contribution >= 0.6 is 15.9 Å². The second-order valence-electron chi connectivity index (χ2n) is 4.75. The van der Waals surface area contributed by atoms with Gasteiger partial charge in [-0.1, -0.05) is 19.3 Å². The number of hydrogen-bond acceptors (Lipinski definition) is 2. The third kappa shape index (κ3) is 3.32. The van der Waals surface area contributed by atoms with E-state index in [1.165, 1.54) is 32.1 Å². The van der Waals surface area contributed by atoms with Crippen LogP contribution in [0.25, 0.3) is 0 Å². The topological polar surface area (TPSA) is 32.6 Å². The molecule has 0 radical (unpaired) electrons. The van der Waals surface area contributed by atoms with Gasteiger partial charge in [0.2, 0.25) is 0 Å². The summed E-state index contributed by atoms with van der Waals surface area (Å²) in [6, 6.07) is 4.32. The summed E-state index contributed by atoms with van der Waals surface area (Å²) in [5.74, 6) is 0.287. The van der Waals surface area contributed by atoms with Crippen molar-refractivity contribution in [3.05, 3.63) is 27.7 Å². The van der Waals surface area contributed by atoms with E-state index in [0.29, 0.717) is 6.04 Å². The van der Waals surface area contributed by atoms with Gasteiger partial charge < -0.3 is 5.11 Å². The van der Waals surface area contributed by atoms with Crippen LogP contribution in [0.5, 0.6) is 5.75 Å². The van der Waals surface area contributed by atoms with E-state index in [4.69, 9.17) is 0 Å². The molecule has 17 heavy (non-hydrogen) atoms. The average Bonchev–Trinajstić information content (AvgIpc) is 2.33. The first kappa shape index (κ1) is 12.6. The molecule has 1 N–H and O–H groups in total. The molecule has 0 saturated heterocycles. The van der Waals surface area contributed by atoms with Gasteiger partial charge in [-0.3, -0.25) is 4.99 Å². The van der Waals surface area contributed by atoms with E-state index in [9.17, 15) is 5.11 Å². The van der Waals surface area contributed by atoms with E-state index in [1.54, 1.807) is 0 Å². The molecule has 0 heterocycles. The lowest BCUT2D eigenvalue weighted by Gasteiger charge is -2.17. The Morgan fingerprint density at radius 1 is 1.29 bits per heavy atom. The molecule has 0 aliphatic heterocycles. The van der Waals surface area contributed by atoms with Gasteiger partial charge in [0.25, 0.3) is 0 Å². The Morgan fingerprint density at radius 2 is 2.00 bits per heavy atom. The minimum atomic E-state index is 0.287. The quantitative estimate of drug-likeness (QED) is 0.814. The molecule has 0 amide bonds. The van der Waals surface area contributed by atoms with Crippen LogP contribution in [0.1, 0.15) is 43.2 Å². The van der Waals surface area contributed by atoms with Crippen molar-refractivity contribution in [2.75, 3.05) is 0 Å². The normalized spacial score (nSPS) is 17.8. The summed E-state index contributed by atoms with van der Waals surface area (Å²) in [6.45, 7) is 2.02. The molecular weight excluding hydrogens is 278 g/mol. The fourth-order valence-corrected chi connectivity index (χ4v) is 2.87. The molecule has 92 valence electrons. The zero-order valence-corrected chi connectivity index (χ0v) is 11.7. The van der Waals surface area contributed by atoms with Gasteiger partial charge in [-0.2, -0.15) is 0 Å². The lowest BCUT2D eigenvalue weighted by Crippen LogP contribution is -2.09. The first-order valence-electron chi connectivity index (χ1n) is 6.19. The maximum absolute atomic E-state index is 9.91. The van der Waals surface area contributed by atoms with E-state index in [1.807, 2.05) is 25.3 Å². The third-order valence-corrected chi connectivity index (χ3v) is 3.84. The van der Waals surface area contributed by atoms with Crippen LogP contribution in [-0.2, 0) is 0 Å². The highest BCUT2D eigenvalue weighted by Gasteiger charge is 2.11. The van der Waals surface area contributed by atoms with Crippen molar-refractivity contribution in [1.29, 1.82) is 0 Å². The zero-order chi connectivity index (χ0) is 12.3. The van der Waals surface area contributed by atoms with Crippen LogP contribution in [0, 0.1) is 6.92 Å². The first-order chi connectivity index (χ1) is 8.16. The van der Waals surface area contributed by atoms with Crippen molar-refractivity contribution in [3.63, 3.8) is 0 Å². The van der Waals surface area contributed by atoms with E-state index < -0.39 is 0 Å². The summed E-state index contributed by atoms with van der Waals surface area (Å²) in [7, 11) is 0. The maximum atomic E-state index is 9.91. The number of aryl methyl sites for hydroxylation is 1. The third-order valence-electron chi connectivity index (χ3n) is 3.24. The second-order valence-corrected chi connectivity index (χ2v) is 5.61. The molecule has 1 aromatic rings. The molecule has 0 aromatic heterocycles. The van der Waals surface area contributed by atoms with Crippen LogP contribution in [0.2, 0.25) is 0 Å². The summed E-state index contributed by atoms with van der Waals surface area (Å²) >= 11 is 3.35. The number of nitrogens with zero attached hydrogens (tertiary/aromatic N) is 1. The van der Waals surface area contributed by atoms with Crippen molar-refractivity contribution in [2.45, 2.75) is 45.1 Å². The summed E-state index contributed by atoms with van der Waals surface area (Å²) in [5, 5.41) is 9.91. The fourth-order valence-electron chi connectivity index (χ4n) is 2.28. The Morgan fingerprint density at radius 3 is 2.71 bits per heavy atom. The minimum Gasteiger partial charge on any atom is -0.506 e. The van der Waals surface area contributed by atoms with Crippen LogP contribution in [0.3, 0.4) is 0 Å². The van der Waals surface area contributed by atoms with Crippen molar-refractivity contribution in [2.24, 2.45) is 4.99 Å². The van der Waals surface area contributed by atoms with E-state index in [0.717, 1.165) is 15.6 Å². The highest BCUT2D eigenvalue weighted by atomic mass is 79.9. The molecular formula is C14H18BrNO. The number of phenols is 1. The summed E-state index contributed by atoms with van der Waals surface area (Å²) in [4.78, 5) is 4.59. The SMILES string of the molecule is Cc1cc(Br)c(O)c(C=NC2CCCCC2)c1. The maximum Gasteiger partial charge on any atom is 0.138 e. The molecule has 0 spiro atoms. The molecule has 1 saturated carbocycles. The monoisotopic (exact) mass is 295 g/mol. The number of hydrogen-bond donors (Lipinski definition) is 1. The Hall–Kier alpha value is -0.830. The smallest absolute Gasteiger partial charge is 0.138 e. The fraction of sp³-hybridized carbons (Fsp3) is 0.500. The van der Waals surface area contributed by atoms with E-state index >= 15 is 0 Å². The predicted molar refractivity (Wildman–Crippen MR) is 75.0 cm³/mol. The minimum absolute atomic E-state index is 0.287. The molecule has 0 atom stereocenters. The second kappa shape index (κ2) is 5.67. The number of aliphatic imine (C=N–C) groups is 1. The van der Waals surface area contributed by atoms with E-state index in [-0.39, 0.29) is 5.75 Å². The highest BCUT2D eigenvalue weighted by molar-refractivity contribution is 9.10. The Bertz CT molecular complexity index is 422. The van der Waals surface area contributed by atoms with Crippen LogP contribution in [0.4, 0.5) is 0 Å². The summed E-state index contributed by atoms with van der Waals surface area (Å²) < 4.78 is 0.739. The van der Waals surface area contributed by atoms with Gasteiger partial charge >= 0.3 is 0 Å². The van der Waals surface area contributed by atoms with Gasteiger partial charge in [0.15, 0.2) is 0 Å². The molecule has 2 nitrogen and oxygen atoms in total. The van der Waals surface area contributed by atoms with Gasteiger partial charge in [-0.05, 0) is 53.4 Å². The Balaban J connectivity index is 2.14. The van der Waals surface area contributed by atoms with Crippen molar-refractivity contribution >= 4 is 22.1 Å². The molecule has 2 rings (SSSR count). The number of phenolic OH excluding ortho intramolecular Hbond substituents is 1. The molecule has 0 unspecified atom stereocenters. The lowest BCUT2D eigenvalue weighted by molar-refractivity contribution is 0.444. The van der Waals surface area contributed by atoms with Crippen molar-refractivity contribution < 1.29 is 5.11 Å². The van der Waals surface area contributed by atoms with Gasteiger partial charge in [0.05, 0.1) is 4.47 Å². The van der Waals surface area contributed by atoms with Crippen LogP contribution < -0.4 is 0 Å². The first-order valence-corrected chi connectivity index (χ1v) is 6.98. The van der Waals surface area contributed by atoms with E-state index in [2.05, 4.69) is 20.9 Å². The largest absolute Gasteiger partial charge is 0.506 e. The average molecular weight is 296 g/mol. The van der Waals surface area contributed by atoms with Gasteiger partial charge in [-0.25, -0.2) is 0 Å². The van der Waals surface area contributed by atoms with Gasteiger partial charge in [-0.15, -0.1) is 0 Å². The standard InChI is InChI=1S/C14H18BrNO/c1-10-7-11(14(17)13(15)8-10)9-16-12-5-3-2-4-6-12/h7-9,12,17H,2-6H2,1H3. The summed E-state index contributed by atoms with van der Waals surface area (Å²) in [6.07, 6.45) is 8.10. The van der Waals surface area contributed by atoms with Crippen LogP contribution in [-0.4, -0.2) is 17.4 Å².